The molecule has 0 saturated heterocycles. The van der Waals surface area contributed by atoms with Gasteiger partial charge in [-0.25, -0.2) is 0 Å². The molecule has 0 bridgehead atoms. The zero-order valence-corrected chi connectivity index (χ0v) is 12.0. The SMILES string of the molecule is CCCN(CC#N)CC(=O)Nc1ccc(OC(F)(F)F)cc1. The molecule has 0 heterocycles. The first-order valence-electron chi connectivity index (χ1n) is 6.59. The minimum Gasteiger partial charge on any atom is -0.406 e. The maximum atomic E-state index is 12.0. The number of alkyl halides is 3. The average Bonchev–Trinajstić information content (AvgIpc) is 2.40. The summed E-state index contributed by atoms with van der Waals surface area (Å²) in [5, 5.41) is 11.2. The molecule has 1 aromatic rings. The second kappa shape index (κ2) is 8.24. The van der Waals surface area contributed by atoms with E-state index < -0.39 is 6.36 Å². The molecule has 1 amide bonds. The van der Waals surface area contributed by atoms with Crippen molar-refractivity contribution >= 4 is 11.6 Å². The van der Waals surface area contributed by atoms with Crippen LogP contribution in [0.3, 0.4) is 0 Å². The Morgan fingerprint density at radius 2 is 2.00 bits per heavy atom. The van der Waals surface area contributed by atoms with Crippen LogP contribution in [0.5, 0.6) is 5.75 Å². The van der Waals surface area contributed by atoms with Crippen molar-refractivity contribution in [2.45, 2.75) is 19.7 Å². The van der Waals surface area contributed by atoms with Crippen LogP contribution in [0.25, 0.3) is 0 Å². The number of hydrogen-bond acceptors (Lipinski definition) is 4. The van der Waals surface area contributed by atoms with E-state index in [0.29, 0.717) is 12.2 Å². The van der Waals surface area contributed by atoms with E-state index in [-0.39, 0.29) is 24.7 Å². The van der Waals surface area contributed by atoms with E-state index in [0.717, 1.165) is 18.6 Å². The van der Waals surface area contributed by atoms with Crippen molar-refractivity contribution in [2.75, 3.05) is 25.0 Å². The molecular weight excluding hydrogens is 299 g/mol. The van der Waals surface area contributed by atoms with Crippen molar-refractivity contribution in [1.82, 2.24) is 4.90 Å². The summed E-state index contributed by atoms with van der Waals surface area (Å²) in [6.07, 6.45) is -3.94. The molecule has 1 rings (SSSR count). The number of nitrogens with zero attached hydrogens (tertiary/aromatic N) is 2. The molecule has 1 aromatic carbocycles. The van der Waals surface area contributed by atoms with Gasteiger partial charge < -0.3 is 10.1 Å². The second-order valence-corrected chi connectivity index (χ2v) is 4.49. The molecule has 0 aliphatic rings. The Kier molecular flexibility index (Phi) is 6.66. The number of ether oxygens (including phenoxy) is 1. The molecule has 0 atom stereocenters. The standard InChI is InChI=1S/C14H16F3N3O2/c1-2-8-20(9-7-18)10-13(21)19-11-3-5-12(6-4-11)22-14(15,16)17/h3-6H,2,8-10H2,1H3,(H,19,21). The molecule has 0 fully saturated rings. The number of anilines is 1. The molecule has 0 saturated carbocycles. The summed E-state index contributed by atoms with van der Waals surface area (Å²) >= 11 is 0. The highest BCUT2D eigenvalue weighted by Crippen LogP contribution is 2.23. The van der Waals surface area contributed by atoms with E-state index in [9.17, 15) is 18.0 Å². The zero-order chi connectivity index (χ0) is 16.6. The molecule has 120 valence electrons. The number of hydrogen-bond donors (Lipinski definition) is 1. The van der Waals surface area contributed by atoms with E-state index >= 15 is 0 Å². The minimum atomic E-state index is -4.75. The van der Waals surface area contributed by atoms with E-state index in [1.54, 1.807) is 4.90 Å². The first-order chi connectivity index (χ1) is 10.3. The van der Waals surface area contributed by atoms with Crippen LogP contribution in [0, 0.1) is 11.3 Å². The zero-order valence-electron chi connectivity index (χ0n) is 12.0. The summed E-state index contributed by atoms with van der Waals surface area (Å²) in [6.45, 7) is 2.73. The van der Waals surface area contributed by atoms with E-state index in [4.69, 9.17) is 5.26 Å². The van der Waals surface area contributed by atoms with Crippen molar-refractivity contribution in [1.29, 1.82) is 5.26 Å². The smallest absolute Gasteiger partial charge is 0.406 e. The molecule has 0 unspecified atom stereocenters. The molecule has 8 heteroatoms. The van der Waals surface area contributed by atoms with Crippen molar-refractivity contribution < 1.29 is 22.7 Å². The predicted octanol–water partition coefficient (Wildman–Crippen LogP) is 2.76. The largest absolute Gasteiger partial charge is 0.573 e. The van der Waals surface area contributed by atoms with Crippen LogP contribution < -0.4 is 10.1 Å². The Hall–Kier alpha value is -2.27. The fourth-order valence-electron chi connectivity index (χ4n) is 1.77. The Labute approximate surface area is 126 Å². The van der Waals surface area contributed by atoms with Crippen LogP contribution in [-0.2, 0) is 4.79 Å². The summed E-state index contributed by atoms with van der Waals surface area (Å²) < 4.78 is 39.8. The third kappa shape index (κ3) is 6.95. The number of amides is 1. The van der Waals surface area contributed by atoms with Crippen molar-refractivity contribution in [3.63, 3.8) is 0 Å². The Balaban J connectivity index is 2.56. The summed E-state index contributed by atoms with van der Waals surface area (Å²) in [6, 6.07) is 6.83. The van der Waals surface area contributed by atoms with E-state index in [1.807, 2.05) is 13.0 Å². The molecule has 0 aliphatic heterocycles. The lowest BCUT2D eigenvalue weighted by atomic mass is 10.3. The monoisotopic (exact) mass is 315 g/mol. The van der Waals surface area contributed by atoms with Gasteiger partial charge in [-0.05, 0) is 37.2 Å². The van der Waals surface area contributed by atoms with Gasteiger partial charge in [-0.2, -0.15) is 5.26 Å². The van der Waals surface area contributed by atoms with E-state index in [1.165, 1.54) is 12.1 Å². The van der Waals surface area contributed by atoms with Crippen molar-refractivity contribution in [3.05, 3.63) is 24.3 Å². The lowest BCUT2D eigenvalue weighted by Gasteiger charge is -2.17. The first kappa shape index (κ1) is 17.8. The molecule has 0 aromatic heterocycles. The number of rotatable bonds is 7. The highest BCUT2D eigenvalue weighted by molar-refractivity contribution is 5.92. The number of halogens is 3. The summed E-state index contributed by atoms with van der Waals surface area (Å²) in [5.41, 5.74) is 0.355. The molecular formula is C14H16F3N3O2. The van der Waals surface area contributed by atoms with Gasteiger partial charge in [-0.3, -0.25) is 9.69 Å². The van der Waals surface area contributed by atoms with Crippen molar-refractivity contribution in [2.24, 2.45) is 0 Å². The molecule has 1 N–H and O–H groups in total. The molecule has 0 spiro atoms. The number of nitrogens with one attached hydrogen (secondary N) is 1. The fourth-order valence-corrected chi connectivity index (χ4v) is 1.77. The average molecular weight is 315 g/mol. The third-order valence-corrected chi connectivity index (χ3v) is 2.57. The summed E-state index contributed by atoms with van der Waals surface area (Å²) in [7, 11) is 0. The topological polar surface area (TPSA) is 65.4 Å². The van der Waals surface area contributed by atoms with Gasteiger partial charge >= 0.3 is 6.36 Å². The Morgan fingerprint density at radius 3 is 2.50 bits per heavy atom. The first-order valence-corrected chi connectivity index (χ1v) is 6.59. The van der Waals surface area contributed by atoms with Crippen LogP contribution in [-0.4, -0.2) is 36.8 Å². The number of carbonyl (C=O) groups excluding carboxylic acids is 1. The van der Waals surface area contributed by atoms with Gasteiger partial charge in [0, 0.05) is 5.69 Å². The highest BCUT2D eigenvalue weighted by Gasteiger charge is 2.30. The maximum Gasteiger partial charge on any atom is 0.573 e. The third-order valence-electron chi connectivity index (χ3n) is 2.57. The van der Waals surface area contributed by atoms with Crippen LogP contribution in [0.2, 0.25) is 0 Å². The molecule has 0 aliphatic carbocycles. The lowest BCUT2D eigenvalue weighted by molar-refractivity contribution is -0.274. The number of carbonyl (C=O) groups is 1. The van der Waals surface area contributed by atoms with Gasteiger partial charge in [0.25, 0.3) is 0 Å². The Bertz CT molecular complexity index is 524. The van der Waals surface area contributed by atoms with Crippen LogP contribution in [0.4, 0.5) is 18.9 Å². The second-order valence-electron chi connectivity index (χ2n) is 4.49. The van der Waals surface area contributed by atoms with Crippen molar-refractivity contribution in [3.8, 4) is 11.8 Å². The predicted molar refractivity (Wildman–Crippen MR) is 74.1 cm³/mol. The van der Waals surface area contributed by atoms with Gasteiger partial charge in [0.1, 0.15) is 5.75 Å². The fraction of sp³-hybridized carbons (Fsp3) is 0.429. The van der Waals surface area contributed by atoms with Gasteiger partial charge in [0.2, 0.25) is 5.91 Å². The number of nitriles is 1. The van der Waals surface area contributed by atoms with E-state index in [2.05, 4.69) is 10.1 Å². The van der Waals surface area contributed by atoms with Gasteiger partial charge in [-0.15, -0.1) is 13.2 Å². The lowest BCUT2D eigenvalue weighted by Crippen LogP contribution is -2.34. The maximum absolute atomic E-state index is 12.0. The number of benzene rings is 1. The quantitative estimate of drug-likeness (QED) is 0.786. The van der Waals surface area contributed by atoms with Crippen LogP contribution in [0.15, 0.2) is 24.3 Å². The van der Waals surface area contributed by atoms with Gasteiger partial charge in [-0.1, -0.05) is 6.92 Å². The molecule has 5 nitrogen and oxygen atoms in total. The molecule has 0 radical (unpaired) electrons. The van der Waals surface area contributed by atoms with Crippen LogP contribution >= 0.6 is 0 Å². The minimum absolute atomic E-state index is 0.0439. The van der Waals surface area contributed by atoms with Gasteiger partial charge in [0.05, 0.1) is 19.2 Å². The van der Waals surface area contributed by atoms with Gasteiger partial charge in [0.15, 0.2) is 0 Å². The summed E-state index contributed by atoms with van der Waals surface area (Å²) in [4.78, 5) is 13.5. The Morgan fingerprint density at radius 1 is 1.36 bits per heavy atom. The normalized spacial score (nSPS) is 11.1. The molecule has 22 heavy (non-hydrogen) atoms. The highest BCUT2D eigenvalue weighted by atomic mass is 19.4. The summed E-state index contributed by atoms with van der Waals surface area (Å²) in [5.74, 6) is -0.698. The van der Waals surface area contributed by atoms with Crippen LogP contribution in [0.1, 0.15) is 13.3 Å².